The molecule has 0 saturated heterocycles. The van der Waals surface area contributed by atoms with Gasteiger partial charge >= 0.3 is 6.18 Å². The number of nitrogens with zero attached hydrogens (tertiary/aromatic N) is 1. The molecule has 168 valence electrons. The Morgan fingerprint density at radius 3 is 2.55 bits per heavy atom. The number of likely N-dealkylation sites (N-methyl/N-ethyl adjacent to an activating group) is 1. The number of carbonyl (C=O) groups excluding carboxylic acids is 1. The zero-order valence-corrected chi connectivity index (χ0v) is 18.4. The third-order valence-corrected chi connectivity index (χ3v) is 5.19. The number of thioether (sulfide) groups is 1. The minimum atomic E-state index is -4.44. The minimum absolute atomic E-state index is 0.0178. The highest BCUT2D eigenvalue weighted by molar-refractivity contribution is 8.13. The number of halogens is 3. The molecule has 0 aliphatic heterocycles. The van der Waals surface area contributed by atoms with Crippen molar-refractivity contribution in [3.8, 4) is 0 Å². The Kier molecular flexibility index (Phi) is 8.90. The number of rotatable bonds is 8. The van der Waals surface area contributed by atoms with Crippen LogP contribution in [0.25, 0.3) is 0 Å². The molecule has 2 aromatic carbocycles. The van der Waals surface area contributed by atoms with Gasteiger partial charge in [-0.1, -0.05) is 35.5 Å². The molecule has 0 spiro atoms. The van der Waals surface area contributed by atoms with Crippen molar-refractivity contribution in [2.45, 2.75) is 25.7 Å². The van der Waals surface area contributed by atoms with Crippen molar-refractivity contribution in [1.82, 2.24) is 10.8 Å². The Balaban J connectivity index is 2.30. The van der Waals surface area contributed by atoms with Crippen molar-refractivity contribution in [1.29, 1.82) is 0 Å². The van der Waals surface area contributed by atoms with E-state index >= 15 is 0 Å². The van der Waals surface area contributed by atoms with E-state index in [4.69, 9.17) is 9.68 Å². The van der Waals surface area contributed by atoms with E-state index in [0.717, 1.165) is 17.7 Å². The summed E-state index contributed by atoms with van der Waals surface area (Å²) in [7, 11) is 2.93. The number of hydrogen-bond donors (Lipinski definition) is 2. The maximum absolute atomic E-state index is 13.0. The Labute approximate surface area is 183 Å². The molecule has 31 heavy (non-hydrogen) atoms. The van der Waals surface area contributed by atoms with Crippen molar-refractivity contribution < 1.29 is 27.6 Å². The average Bonchev–Trinajstić information content (AvgIpc) is 2.75. The van der Waals surface area contributed by atoms with Crippen molar-refractivity contribution in [3.05, 3.63) is 70.3 Å². The highest BCUT2D eigenvalue weighted by Gasteiger charge is 2.30. The number of aryl methyl sites for hydroxylation is 1. The molecule has 10 heteroatoms. The summed E-state index contributed by atoms with van der Waals surface area (Å²) in [5, 5.41) is 6.92. The largest absolute Gasteiger partial charge is 0.416 e. The summed E-state index contributed by atoms with van der Waals surface area (Å²) in [6, 6.07) is 9.56. The lowest BCUT2D eigenvalue weighted by molar-refractivity contribution is -0.137. The van der Waals surface area contributed by atoms with Crippen LogP contribution < -0.4 is 10.8 Å². The summed E-state index contributed by atoms with van der Waals surface area (Å²) in [5.74, 6) is -0.300. The molecule has 0 saturated carbocycles. The van der Waals surface area contributed by atoms with Gasteiger partial charge < -0.3 is 15.0 Å². The zero-order valence-electron chi connectivity index (χ0n) is 17.5. The second-order valence-corrected chi connectivity index (χ2v) is 7.26. The summed E-state index contributed by atoms with van der Waals surface area (Å²) < 4.78 is 39.0. The molecule has 6 nitrogen and oxygen atoms in total. The van der Waals surface area contributed by atoms with Crippen molar-refractivity contribution >= 4 is 22.7 Å². The molecule has 2 rings (SSSR count). The Bertz CT molecular complexity index is 936. The highest BCUT2D eigenvalue weighted by atomic mass is 32.2. The first-order valence-corrected chi connectivity index (χ1v) is 10.5. The van der Waals surface area contributed by atoms with Crippen LogP contribution >= 0.6 is 11.8 Å². The molecule has 0 aliphatic carbocycles. The monoisotopic (exact) mass is 455 g/mol. The molecular formula is C21H24F3N3O3S. The number of amides is 1. The topological polar surface area (TPSA) is 72.0 Å². The molecular weight excluding hydrogens is 431 g/mol. The Morgan fingerprint density at radius 1 is 1.23 bits per heavy atom. The third kappa shape index (κ3) is 6.46. The first kappa shape index (κ1) is 24.7. The van der Waals surface area contributed by atoms with Gasteiger partial charge in [0.15, 0.2) is 0 Å². The van der Waals surface area contributed by atoms with E-state index in [9.17, 15) is 18.0 Å². The summed E-state index contributed by atoms with van der Waals surface area (Å²) in [6.45, 7) is 1.88. The van der Waals surface area contributed by atoms with Gasteiger partial charge in [-0.25, -0.2) is 0 Å². The van der Waals surface area contributed by atoms with Gasteiger partial charge in [0.1, 0.15) is 17.7 Å². The van der Waals surface area contributed by atoms with Gasteiger partial charge in [0.05, 0.1) is 12.7 Å². The quantitative estimate of drug-likeness (QED) is 0.355. The summed E-state index contributed by atoms with van der Waals surface area (Å²) in [5.41, 5.74) is 4.43. The van der Waals surface area contributed by atoms with E-state index in [0.29, 0.717) is 21.7 Å². The number of oxime groups is 1. The molecule has 2 aromatic rings. The predicted molar refractivity (Wildman–Crippen MR) is 114 cm³/mol. The molecule has 0 aromatic heterocycles. The molecule has 0 fully saturated rings. The smallest absolute Gasteiger partial charge is 0.390 e. The van der Waals surface area contributed by atoms with Crippen LogP contribution in [0.4, 0.5) is 13.2 Å². The fourth-order valence-electron chi connectivity index (χ4n) is 2.90. The van der Waals surface area contributed by atoms with Gasteiger partial charge in [0.25, 0.3) is 0 Å². The van der Waals surface area contributed by atoms with Crippen LogP contribution in [0.1, 0.15) is 33.9 Å². The van der Waals surface area contributed by atoms with Crippen LogP contribution in [0.15, 0.2) is 47.6 Å². The SMILES string of the molecule is CNC(=O)C(NOC)c1cccc(C)c1CO/N=C(\SC)c1cccc(C(F)(F)F)c1. The average molecular weight is 456 g/mol. The van der Waals surface area contributed by atoms with Crippen LogP contribution in [0, 0.1) is 6.92 Å². The summed E-state index contributed by atoms with van der Waals surface area (Å²) in [6.07, 6.45) is -2.74. The van der Waals surface area contributed by atoms with Crippen LogP contribution in [0.2, 0.25) is 0 Å². The molecule has 1 unspecified atom stereocenters. The molecule has 1 amide bonds. The molecule has 0 radical (unpaired) electrons. The lowest BCUT2D eigenvalue weighted by atomic mass is 9.96. The van der Waals surface area contributed by atoms with Gasteiger partial charge in [0, 0.05) is 18.2 Å². The van der Waals surface area contributed by atoms with Gasteiger partial charge in [-0.15, -0.1) is 11.8 Å². The maximum Gasteiger partial charge on any atom is 0.416 e. The molecule has 2 N–H and O–H groups in total. The van der Waals surface area contributed by atoms with Crippen LogP contribution in [-0.4, -0.2) is 31.4 Å². The molecule has 0 aliphatic rings. The molecule has 1 atom stereocenters. The number of alkyl halides is 3. The van der Waals surface area contributed by atoms with Crippen molar-refractivity contribution in [2.75, 3.05) is 20.4 Å². The first-order chi connectivity index (χ1) is 14.7. The standard InChI is InChI=1S/C21H24F3N3O3S/c1-13-7-5-10-16(18(26-29-3)19(28)25-2)17(13)12-30-27-20(31-4)14-8-6-9-15(11-14)21(22,23)24/h5-11,18,26H,12H2,1-4H3,(H,25,28)/b27-20-. The van der Waals surface area contributed by atoms with Crippen LogP contribution in [0.3, 0.4) is 0 Å². The lowest BCUT2D eigenvalue weighted by Gasteiger charge is -2.20. The van der Waals surface area contributed by atoms with Gasteiger partial charge in [0.2, 0.25) is 5.91 Å². The van der Waals surface area contributed by atoms with Gasteiger partial charge in [-0.05, 0) is 36.4 Å². The third-order valence-electron chi connectivity index (χ3n) is 4.49. The normalized spacial score (nSPS) is 13.1. The lowest BCUT2D eigenvalue weighted by Crippen LogP contribution is -2.36. The second kappa shape index (κ2) is 11.2. The summed E-state index contributed by atoms with van der Waals surface area (Å²) in [4.78, 5) is 22.7. The predicted octanol–water partition coefficient (Wildman–Crippen LogP) is 4.19. The minimum Gasteiger partial charge on any atom is -0.390 e. The van der Waals surface area contributed by atoms with Crippen LogP contribution in [-0.2, 0) is 27.3 Å². The van der Waals surface area contributed by atoms with E-state index < -0.39 is 17.8 Å². The van der Waals surface area contributed by atoms with E-state index in [2.05, 4.69) is 16.0 Å². The number of hydrogen-bond acceptors (Lipinski definition) is 6. The first-order valence-electron chi connectivity index (χ1n) is 9.23. The fraction of sp³-hybridized carbons (Fsp3) is 0.333. The van der Waals surface area contributed by atoms with E-state index in [-0.39, 0.29) is 12.5 Å². The molecule has 0 heterocycles. The number of hydroxylamine groups is 1. The van der Waals surface area contributed by atoms with E-state index in [1.54, 1.807) is 18.4 Å². The Morgan fingerprint density at radius 2 is 1.94 bits per heavy atom. The molecule has 0 bridgehead atoms. The number of nitrogens with one attached hydrogen (secondary N) is 2. The zero-order chi connectivity index (χ0) is 23.0. The number of benzene rings is 2. The number of carbonyl (C=O) groups is 1. The summed E-state index contributed by atoms with van der Waals surface area (Å²) >= 11 is 1.17. The van der Waals surface area contributed by atoms with Gasteiger partial charge in [-0.2, -0.15) is 18.7 Å². The van der Waals surface area contributed by atoms with Crippen LogP contribution in [0.5, 0.6) is 0 Å². The highest BCUT2D eigenvalue weighted by Crippen LogP contribution is 2.30. The Hall–Kier alpha value is -2.56. The maximum atomic E-state index is 13.0. The van der Waals surface area contributed by atoms with Crippen molar-refractivity contribution in [3.63, 3.8) is 0 Å². The van der Waals surface area contributed by atoms with Crippen molar-refractivity contribution in [2.24, 2.45) is 5.16 Å². The fourth-order valence-corrected chi connectivity index (χ4v) is 3.39. The van der Waals surface area contributed by atoms with E-state index in [1.165, 1.54) is 38.1 Å². The van der Waals surface area contributed by atoms with E-state index in [1.807, 2.05) is 13.0 Å². The van der Waals surface area contributed by atoms with Gasteiger partial charge in [-0.3, -0.25) is 4.79 Å². The second-order valence-electron chi connectivity index (χ2n) is 6.46.